The van der Waals surface area contributed by atoms with Crippen molar-refractivity contribution in [2.75, 3.05) is 4.90 Å². The molecule has 0 radical (unpaired) electrons. The van der Waals surface area contributed by atoms with E-state index in [0.717, 1.165) is 40.6 Å². The third-order valence-corrected chi connectivity index (χ3v) is 3.62. The Hall–Kier alpha value is -2.68. The predicted octanol–water partition coefficient (Wildman–Crippen LogP) is 3.84. The van der Waals surface area contributed by atoms with E-state index in [0.29, 0.717) is 0 Å². The zero-order valence-corrected chi connectivity index (χ0v) is 10.9. The second kappa shape index (κ2) is 4.17. The average Bonchev–Trinajstić information content (AvgIpc) is 2.62. The summed E-state index contributed by atoms with van der Waals surface area (Å²) in [4.78, 5) is 2.11. The highest BCUT2D eigenvalue weighted by molar-refractivity contribution is 5.89. The lowest BCUT2D eigenvalue weighted by molar-refractivity contribution is 0.485. The molecule has 2 aromatic carbocycles. The summed E-state index contributed by atoms with van der Waals surface area (Å²) in [5, 5.41) is 0. The van der Waals surface area contributed by atoms with Crippen molar-refractivity contribution in [1.82, 2.24) is 0 Å². The lowest BCUT2D eigenvalue weighted by atomic mass is 10.0. The van der Waals surface area contributed by atoms with Gasteiger partial charge in [-0.25, -0.2) is 0 Å². The van der Waals surface area contributed by atoms with E-state index < -0.39 is 0 Å². The molecule has 0 saturated carbocycles. The van der Waals surface area contributed by atoms with E-state index in [9.17, 15) is 0 Å². The third kappa shape index (κ3) is 1.53. The zero-order chi connectivity index (χ0) is 13.5. The summed E-state index contributed by atoms with van der Waals surface area (Å²) in [7, 11) is 0. The fourth-order valence-corrected chi connectivity index (χ4v) is 2.73. The number of anilines is 1. The van der Waals surface area contributed by atoms with Crippen molar-refractivity contribution in [3.8, 4) is 11.5 Å². The molecule has 3 heteroatoms. The second-order valence-corrected chi connectivity index (χ2v) is 4.90. The molecule has 0 aliphatic carbocycles. The van der Waals surface area contributed by atoms with Crippen LogP contribution in [-0.2, 0) is 0 Å². The van der Waals surface area contributed by atoms with Gasteiger partial charge in [-0.2, -0.15) is 0 Å². The zero-order valence-electron chi connectivity index (χ0n) is 10.9. The number of ether oxygens (including phenoxy) is 1. The maximum atomic E-state index is 6.26. The topological polar surface area (TPSA) is 38.5 Å². The molecule has 0 atom stereocenters. The van der Waals surface area contributed by atoms with Crippen LogP contribution in [0.25, 0.3) is 5.70 Å². The van der Waals surface area contributed by atoms with E-state index >= 15 is 0 Å². The minimum atomic E-state index is 0.766. The number of hydrogen-bond donors (Lipinski definition) is 1. The Morgan fingerprint density at radius 1 is 0.950 bits per heavy atom. The maximum Gasteiger partial charge on any atom is 0.151 e. The van der Waals surface area contributed by atoms with Crippen molar-refractivity contribution in [2.24, 2.45) is 5.73 Å². The molecule has 0 bridgehead atoms. The van der Waals surface area contributed by atoms with Crippen molar-refractivity contribution < 1.29 is 4.74 Å². The summed E-state index contributed by atoms with van der Waals surface area (Å²) in [5.41, 5.74) is 10.2. The van der Waals surface area contributed by atoms with Crippen LogP contribution in [0.1, 0.15) is 12.0 Å². The number of fused-ring (bicyclic) bond motifs is 5. The molecular formula is C17H14N2O. The minimum Gasteiger partial charge on any atom is -0.454 e. The lowest BCUT2D eigenvalue weighted by Gasteiger charge is -2.27. The van der Waals surface area contributed by atoms with E-state index in [-0.39, 0.29) is 0 Å². The molecule has 0 spiro atoms. The van der Waals surface area contributed by atoms with Gasteiger partial charge in [-0.05, 0) is 24.3 Å². The van der Waals surface area contributed by atoms with Crippen LogP contribution in [0.3, 0.4) is 0 Å². The highest BCUT2D eigenvalue weighted by Gasteiger charge is 2.26. The van der Waals surface area contributed by atoms with Gasteiger partial charge in [0, 0.05) is 23.9 Å². The van der Waals surface area contributed by atoms with E-state index in [4.69, 9.17) is 10.5 Å². The molecule has 2 aliphatic heterocycles. The van der Waals surface area contributed by atoms with Gasteiger partial charge in [-0.15, -0.1) is 0 Å². The Morgan fingerprint density at radius 3 is 2.60 bits per heavy atom. The lowest BCUT2D eigenvalue weighted by Crippen LogP contribution is -2.21. The summed E-state index contributed by atoms with van der Waals surface area (Å²) in [6, 6.07) is 16.0. The standard InChI is InChI=1S/C17H14N2O/c18-13-7-5-11-19-14-8-2-4-10-16(14)20-15-9-3-1-6-12(15)17(13)19/h1-6,8-11H,7,18H2. The van der Waals surface area contributed by atoms with Crippen molar-refractivity contribution >= 4 is 11.4 Å². The Kier molecular flexibility index (Phi) is 2.33. The van der Waals surface area contributed by atoms with Gasteiger partial charge in [0.05, 0.1) is 11.4 Å². The van der Waals surface area contributed by atoms with Crippen LogP contribution in [0.5, 0.6) is 11.5 Å². The van der Waals surface area contributed by atoms with Crippen molar-refractivity contribution in [1.29, 1.82) is 0 Å². The first-order valence-electron chi connectivity index (χ1n) is 6.65. The molecule has 2 aliphatic rings. The molecule has 2 N–H and O–H groups in total. The van der Waals surface area contributed by atoms with E-state index in [1.807, 2.05) is 42.5 Å². The summed E-state index contributed by atoms with van der Waals surface area (Å²) < 4.78 is 6.08. The Morgan fingerprint density at radius 2 is 1.70 bits per heavy atom. The van der Waals surface area contributed by atoms with Gasteiger partial charge < -0.3 is 15.4 Å². The molecule has 0 unspecified atom stereocenters. The third-order valence-electron chi connectivity index (χ3n) is 3.62. The number of rotatable bonds is 0. The highest BCUT2D eigenvalue weighted by atomic mass is 16.5. The summed E-state index contributed by atoms with van der Waals surface area (Å²) >= 11 is 0. The number of para-hydroxylation sites is 3. The van der Waals surface area contributed by atoms with Gasteiger partial charge in [0.2, 0.25) is 0 Å². The van der Waals surface area contributed by atoms with Gasteiger partial charge in [0.25, 0.3) is 0 Å². The fraction of sp³-hybridized carbons (Fsp3) is 0.0588. The van der Waals surface area contributed by atoms with Crippen LogP contribution in [0.15, 0.2) is 66.5 Å². The normalized spacial score (nSPS) is 15.9. The van der Waals surface area contributed by atoms with Gasteiger partial charge in [0.15, 0.2) is 5.75 Å². The van der Waals surface area contributed by atoms with E-state index in [1.54, 1.807) is 0 Å². The van der Waals surface area contributed by atoms with Crippen LogP contribution in [0.2, 0.25) is 0 Å². The van der Waals surface area contributed by atoms with Gasteiger partial charge in [0.1, 0.15) is 5.75 Å². The molecule has 0 amide bonds. The summed E-state index contributed by atoms with van der Waals surface area (Å²) in [6.07, 6.45) is 4.90. The monoisotopic (exact) mass is 262 g/mol. The molecule has 3 nitrogen and oxygen atoms in total. The van der Waals surface area contributed by atoms with Crippen LogP contribution in [0.4, 0.5) is 5.69 Å². The number of allylic oxidation sites excluding steroid dienone is 1. The number of nitrogens with zero attached hydrogens (tertiary/aromatic N) is 1. The minimum absolute atomic E-state index is 0.766. The first kappa shape index (κ1) is 11.2. The smallest absolute Gasteiger partial charge is 0.151 e. The highest BCUT2D eigenvalue weighted by Crippen LogP contribution is 2.45. The maximum absolute atomic E-state index is 6.26. The van der Waals surface area contributed by atoms with Gasteiger partial charge in [-0.3, -0.25) is 0 Å². The molecule has 2 aromatic rings. The Bertz CT molecular complexity index is 746. The predicted molar refractivity (Wildman–Crippen MR) is 80.3 cm³/mol. The first-order valence-corrected chi connectivity index (χ1v) is 6.65. The van der Waals surface area contributed by atoms with Crippen molar-refractivity contribution in [3.05, 3.63) is 72.1 Å². The molecular weight excluding hydrogens is 248 g/mol. The number of hydrogen-bond acceptors (Lipinski definition) is 3. The van der Waals surface area contributed by atoms with E-state index in [1.165, 1.54) is 0 Å². The Labute approximate surface area is 117 Å². The van der Waals surface area contributed by atoms with Crippen molar-refractivity contribution in [2.45, 2.75) is 6.42 Å². The second-order valence-electron chi connectivity index (χ2n) is 4.90. The van der Waals surface area contributed by atoms with Gasteiger partial charge in [-0.1, -0.05) is 30.3 Å². The molecule has 20 heavy (non-hydrogen) atoms. The largest absolute Gasteiger partial charge is 0.454 e. The van der Waals surface area contributed by atoms with Crippen LogP contribution >= 0.6 is 0 Å². The fourth-order valence-electron chi connectivity index (χ4n) is 2.73. The van der Waals surface area contributed by atoms with Crippen LogP contribution in [0, 0.1) is 0 Å². The first-order chi connectivity index (χ1) is 9.84. The SMILES string of the molecule is NC1=C2c3ccccc3Oc3ccccc3N2C=CC1. The van der Waals surface area contributed by atoms with Crippen LogP contribution in [-0.4, -0.2) is 0 Å². The van der Waals surface area contributed by atoms with Crippen molar-refractivity contribution in [3.63, 3.8) is 0 Å². The average molecular weight is 262 g/mol. The molecule has 2 heterocycles. The molecule has 4 rings (SSSR count). The van der Waals surface area contributed by atoms with Gasteiger partial charge >= 0.3 is 0 Å². The number of nitrogens with two attached hydrogens (primary N) is 1. The molecule has 98 valence electrons. The van der Waals surface area contributed by atoms with Crippen LogP contribution < -0.4 is 15.4 Å². The van der Waals surface area contributed by atoms with E-state index in [2.05, 4.69) is 23.2 Å². The quantitative estimate of drug-likeness (QED) is 0.783. The molecule has 0 fully saturated rings. The summed E-state index contributed by atoms with van der Waals surface area (Å²) in [6.45, 7) is 0. The molecule has 0 aromatic heterocycles. The Balaban J connectivity index is 2.05. The molecule has 0 saturated heterocycles. The number of benzene rings is 2. The summed E-state index contributed by atoms with van der Waals surface area (Å²) in [5.74, 6) is 1.69.